The van der Waals surface area contributed by atoms with Crippen molar-refractivity contribution in [2.45, 2.75) is 26.7 Å². The highest BCUT2D eigenvalue weighted by atomic mass is 16.1. The van der Waals surface area contributed by atoms with E-state index in [2.05, 4.69) is 11.1 Å². The third-order valence-electron chi connectivity index (χ3n) is 2.95. The van der Waals surface area contributed by atoms with Crippen molar-refractivity contribution in [1.29, 1.82) is 0 Å². The zero-order chi connectivity index (χ0) is 12.4. The minimum Gasteiger partial charge on any atom is -0.366 e. The molecule has 0 unspecified atom stereocenters. The molecule has 1 aromatic carbocycles. The van der Waals surface area contributed by atoms with Crippen molar-refractivity contribution >= 4 is 17.3 Å². The summed E-state index contributed by atoms with van der Waals surface area (Å²) in [5.41, 5.74) is 10.0. The van der Waals surface area contributed by atoms with E-state index in [9.17, 15) is 4.79 Å². The molecule has 88 valence electrons. The summed E-state index contributed by atoms with van der Waals surface area (Å²) in [5, 5.41) is 0. The average molecular weight is 228 g/mol. The number of rotatable bonds is 2. The van der Waals surface area contributed by atoms with Gasteiger partial charge in [0, 0.05) is 16.8 Å². The Labute approximate surface area is 101 Å². The SMILES string of the molecule is CC1=NC(c2cc(C(N)=O)ccc2C)=CCC1. The fourth-order valence-electron chi connectivity index (χ4n) is 1.95. The van der Waals surface area contributed by atoms with Crippen LogP contribution in [0.15, 0.2) is 29.3 Å². The Morgan fingerprint density at radius 3 is 2.76 bits per heavy atom. The number of nitrogens with two attached hydrogens (primary N) is 1. The number of benzene rings is 1. The van der Waals surface area contributed by atoms with Gasteiger partial charge in [-0.15, -0.1) is 0 Å². The molecule has 0 bridgehead atoms. The van der Waals surface area contributed by atoms with Gasteiger partial charge in [-0.05, 0) is 44.4 Å². The lowest BCUT2D eigenvalue weighted by Crippen LogP contribution is -2.11. The molecule has 0 atom stereocenters. The molecule has 0 aliphatic carbocycles. The Morgan fingerprint density at radius 2 is 2.12 bits per heavy atom. The zero-order valence-corrected chi connectivity index (χ0v) is 10.2. The summed E-state index contributed by atoms with van der Waals surface area (Å²) in [7, 11) is 0. The van der Waals surface area contributed by atoms with Crippen LogP contribution in [0.2, 0.25) is 0 Å². The summed E-state index contributed by atoms with van der Waals surface area (Å²) >= 11 is 0. The molecule has 0 fully saturated rings. The molecule has 1 aliphatic heterocycles. The van der Waals surface area contributed by atoms with Crippen LogP contribution in [0.5, 0.6) is 0 Å². The van der Waals surface area contributed by atoms with Crippen molar-refractivity contribution in [2.24, 2.45) is 10.7 Å². The van der Waals surface area contributed by atoms with E-state index in [1.54, 1.807) is 6.07 Å². The van der Waals surface area contributed by atoms with E-state index in [4.69, 9.17) is 5.73 Å². The van der Waals surface area contributed by atoms with Crippen LogP contribution in [0.3, 0.4) is 0 Å². The number of carbonyl (C=O) groups excluding carboxylic acids is 1. The predicted molar refractivity (Wildman–Crippen MR) is 70.0 cm³/mol. The minimum atomic E-state index is -0.400. The summed E-state index contributed by atoms with van der Waals surface area (Å²) in [6.45, 7) is 4.04. The molecule has 0 saturated heterocycles. The van der Waals surface area contributed by atoms with Gasteiger partial charge in [-0.1, -0.05) is 12.1 Å². The van der Waals surface area contributed by atoms with Crippen LogP contribution in [-0.4, -0.2) is 11.6 Å². The van der Waals surface area contributed by atoms with E-state index in [0.717, 1.165) is 35.4 Å². The highest BCUT2D eigenvalue weighted by molar-refractivity contribution is 5.95. The van der Waals surface area contributed by atoms with Crippen LogP contribution in [0, 0.1) is 6.92 Å². The fourth-order valence-corrected chi connectivity index (χ4v) is 1.95. The van der Waals surface area contributed by atoms with Crippen LogP contribution in [0.4, 0.5) is 0 Å². The van der Waals surface area contributed by atoms with E-state index in [0.29, 0.717) is 5.56 Å². The van der Waals surface area contributed by atoms with Gasteiger partial charge in [0.05, 0.1) is 5.70 Å². The first-order valence-electron chi connectivity index (χ1n) is 5.73. The molecule has 3 heteroatoms. The first kappa shape index (κ1) is 11.6. The molecule has 1 heterocycles. The number of amides is 1. The molecule has 2 rings (SSSR count). The number of hydrogen-bond acceptors (Lipinski definition) is 2. The lowest BCUT2D eigenvalue weighted by Gasteiger charge is -2.13. The van der Waals surface area contributed by atoms with Gasteiger partial charge in [0.1, 0.15) is 0 Å². The lowest BCUT2D eigenvalue weighted by molar-refractivity contribution is 0.100. The second kappa shape index (κ2) is 4.53. The van der Waals surface area contributed by atoms with Crippen molar-refractivity contribution in [3.05, 3.63) is 41.0 Å². The number of allylic oxidation sites excluding steroid dienone is 1. The van der Waals surface area contributed by atoms with Crippen molar-refractivity contribution in [3.63, 3.8) is 0 Å². The number of nitrogens with zero attached hydrogens (tertiary/aromatic N) is 1. The normalized spacial score (nSPS) is 15.2. The molecular weight excluding hydrogens is 212 g/mol. The molecule has 3 nitrogen and oxygen atoms in total. The lowest BCUT2D eigenvalue weighted by atomic mass is 9.99. The largest absolute Gasteiger partial charge is 0.366 e. The maximum Gasteiger partial charge on any atom is 0.248 e. The molecule has 0 aromatic heterocycles. The summed E-state index contributed by atoms with van der Waals surface area (Å²) in [6, 6.07) is 5.49. The predicted octanol–water partition coefficient (Wildman–Crippen LogP) is 2.69. The quantitative estimate of drug-likeness (QED) is 0.831. The molecular formula is C14H16N2O. The smallest absolute Gasteiger partial charge is 0.248 e. The van der Waals surface area contributed by atoms with Crippen molar-refractivity contribution in [1.82, 2.24) is 0 Å². The van der Waals surface area contributed by atoms with Crippen LogP contribution >= 0.6 is 0 Å². The number of aryl methyl sites for hydroxylation is 1. The molecule has 0 saturated carbocycles. The van der Waals surface area contributed by atoms with E-state index in [-0.39, 0.29) is 0 Å². The molecule has 0 radical (unpaired) electrons. The molecule has 2 N–H and O–H groups in total. The highest BCUT2D eigenvalue weighted by Crippen LogP contribution is 2.25. The second-order valence-electron chi connectivity index (χ2n) is 4.37. The Kier molecular flexibility index (Phi) is 3.09. The number of aliphatic imine (C=N–C) groups is 1. The first-order chi connectivity index (χ1) is 8.08. The van der Waals surface area contributed by atoms with Gasteiger partial charge in [0.2, 0.25) is 5.91 Å². The second-order valence-corrected chi connectivity index (χ2v) is 4.37. The van der Waals surface area contributed by atoms with Crippen LogP contribution in [0.25, 0.3) is 5.70 Å². The molecule has 17 heavy (non-hydrogen) atoms. The summed E-state index contributed by atoms with van der Waals surface area (Å²) < 4.78 is 0. The Balaban J connectivity index is 2.48. The topological polar surface area (TPSA) is 55.4 Å². The third kappa shape index (κ3) is 2.44. The summed E-state index contributed by atoms with van der Waals surface area (Å²) in [6.07, 6.45) is 4.13. The molecule has 1 aromatic rings. The van der Waals surface area contributed by atoms with Crippen molar-refractivity contribution < 1.29 is 4.79 Å². The maximum atomic E-state index is 11.2. The van der Waals surface area contributed by atoms with E-state index in [1.165, 1.54) is 0 Å². The average Bonchev–Trinajstić information content (AvgIpc) is 2.29. The Hall–Kier alpha value is -1.90. The minimum absolute atomic E-state index is 0.400. The van der Waals surface area contributed by atoms with Gasteiger partial charge in [-0.3, -0.25) is 9.79 Å². The van der Waals surface area contributed by atoms with E-state index >= 15 is 0 Å². The first-order valence-corrected chi connectivity index (χ1v) is 5.73. The van der Waals surface area contributed by atoms with Gasteiger partial charge in [-0.25, -0.2) is 0 Å². The summed E-state index contributed by atoms with van der Waals surface area (Å²) in [5.74, 6) is -0.400. The van der Waals surface area contributed by atoms with Crippen LogP contribution in [-0.2, 0) is 0 Å². The van der Waals surface area contributed by atoms with Crippen molar-refractivity contribution in [2.75, 3.05) is 0 Å². The van der Waals surface area contributed by atoms with Crippen LogP contribution < -0.4 is 5.73 Å². The number of carbonyl (C=O) groups is 1. The van der Waals surface area contributed by atoms with Gasteiger partial charge >= 0.3 is 0 Å². The molecule has 1 amide bonds. The number of primary amides is 1. The maximum absolute atomic E-state index is 11.2. The van der Waals surface area contributed by atoms with Gasteiger partial charge in [0.25, 0.3) is 0 Å². The Morgan fingerprint density at radius 1 is 1.35 bits per heavy atom. The third-order valence-corrected chi connectivity index (χ3v) is 2.95. The highest BCUT2D eigenvalue weighted by Gasteiger charge is 2.11. The monoisotopic (exact) mass is 228 g/mol. The molecule has 0 spiro atoms. The van der Waals surface area contributed by atoms with Crippen molar-refractivity contribution in [3.8, 4) is 0 Å². The summed E-state index contributed by atoms with van der Waals surface area (Å²) in [4.78, 5) is 15.7. The standard InChI is InChI=1S/C14H16N2O/c1-9-6-7-11(14(15)17)8-12(9)13-5-3-4-10(2)16-13/h5-8H,3-4H2,1-2H3,(H2,15,17). The van der Waals surface area contributed by atoms with Gasteiger partial charge < -0.3 is 5.73 Å². The number of hydrogen-bond donors (Lipinski definition) is 1. The fraction of sp³-hybridized carbons (Fsp3) is 0.286. The zero-order valence-electron chi connectivity index (χ0n) is 10.2. The van der Waals surface area contributed by atoms with E-state index in [1.807, 2.05) is 26.0 Å². The van der Waals surface area contributed by atoms with Gasteiger partial charge in [0.15, 0.2) is 0 Å². The van der Waals surface area contributed by atoms with Crippen LogP contribution in [0.1, 0.15) is 41.3 Å². The Bertz CT molecular complexity index is 527. The molecule has 1 aliphatic rings. The van der Waals surface area contributed by atoms with Gasteiger partial charge in [-0.2, -0.15) is 0 Å². The van der Waals surface area contributed by atoms with E-state index < -0.39 is 5.91 Å².